The molecule has 0 saturated carbocycles. The summed E-state index contributed by atoms with van der Waals surface area (Å²) in [6.07, 6.45) is 5.19. The molecule has 1 heterocycles. The summed E-state index contributed by atoms with van der Waals surface area (Å²) in [7, 11) is 2.13. The van der Waals surface area contributed by atoms with Gasteiger partial charge in [0.1, 0.15) is 5.78 Å². The first kappa shape index (κ1) is 10.7. The van der Waals surface area contributed by atoms with E-state index in [1.54, 1.807) is 0 Å². The van der Waals surface area contributed by atoms with Crippen molar-refractivity contribution in [3.8, 4) is 0 Å². The molecule has 0 aromatic rings. The number of ketones is 1. The average molecular weight is 183 g/mol. The fourth-order valence-electron chi connectivity index (χ4n) is 1.89. The van der Waals surface area contributed by atoms with E-state index in [0.29, 0.717) is 11.7 Å². The number of carbonyl (C=O) groups excluding carboxylic acids is 1. The van der Waals surface area contributed by atoms with E-state index in [1.165, 1.54) is 0 Å². The number of piperidine rings is 1. The maximum absolute atomic E-state index is 11.6. The lowest BCUT2D eigenvalue weighted by Gasteiger charge is -2.27. The predicted octanol–water partition coefficient (Wildman–Crippen LogP) is 2.09. The van der Waals surface area contributed by atoms with Crippen LogP contribution in [-0.2, 0) is 4.79 Å². The molecule has 2 heteroatoms. The molecule has 1 aliphatic rings. The van der Waals surface area contributed by atoms with Crippen molar-refractivity contribution in [1.82, 2.24) is 4.90 Å². The Balaban J connectivity index is 2.23. The summed E-state index contributed by atoms with van der Waals surface area (Å²) < 4.78 is 0. The van der Waals surface area contributed by atoms with Gasteiger partial charge in [0.15, 0.2) is 0 Å². The second-order valence-electron chi connectivity index (χ2n) is 4.15. The molecule has 76 valence electrons. The molecular weight excluding hydrogens is 162 g/mol. The van der Waals surface area contributed by atoms with Crippen LogP contribution in [0.2, 0.25) is 0 Å². The number of unbranched alkanes of at least 4 members (excludes halogenated alkanes) is 1. The maximum atomic E-state index is 11.6. The Kier molecular flexibility index (Phi) is 4.43. The molecule has 1 saturated heterocycles. The van der Waals surface area contributed by atoms with E-state index < -0.39 is 0 Å². The molecule has 0 unspecified atom stereocenters. The SMILES string of the molecule is CCCCC(=O)C1CCN(C)CC1. The molecular formula is C11H21NO. The maximum Gasteiger partial charge on any atom is 0.136 e. The highest BCUT2D eigenvalue weighted by Gasteiger charge is 2.22. The van der Waals surface area contributed by atoms with Crippen LogP contribution < -0.4 is 0 Å². The van der Waals surface area contributed by atoms with Crippen LogP contribution in [0.5, 0.6) is 0 Å². The molecule has 0 aliphatic carbocycles. The highest BCUT2D eigenvalue weighted by atomic mass is 16.1. The average Bonchev–Trinajstić information content (AvgIpc) is 2.15. The molecule has 0 N–H and O–H groups in total. The topological polar surface area (TPSA) is 20.3 Å². The lowest BCUT2D eigenvalue weighted by molar-refractivity contribution is -0.124. The smallest absolute Gasteiger partial charge is 0.136 e. The Morgan fingerprint density at radius 2 is 2.00 bits per heavy atom. The van der Waals surface area contributed by atoms with E-state index in [0.717, 1.165) is 45.2 Å². The number of hydrogen-bond acceptors (Lipinski definition) is 2. The second-order valence-corrected chi connectivity index (χ2v) is 4.15. The van der Waals surface area contributed by atoms with Gasteiger partial charge in [-0.25, -0.2) is 0 Å². The van der Waals surface area contributed by atoms with Crippen LogP contribution in [0.1, 0.15) is 39.0 Å². The van der Waals surface area contributed by atoms with Crippen LogP contribution in [0.3, 0.4) is 0 Å². The highest BCUT2D eigenvalue weighted by molar-refractivity contribution is 5.81. The molecule has 0 amide bonds. The van der Waals surface area contributed by atoms with Crippen molar-refractivity contribution < 1.29 is 4.79 Å². The lowest BCUT2D eigenvalue weighted by atomic mass is 9.90. The zero-order chi connectivity index (χ0) is 9.68. The molecule has 0 bridgehead atoms. The van der Waals surface area contributed by atoms with Gasteiger partial charge in [-0.3, -0.25) is 4.79 Å². The fourth-order valence-corrected chi connectivity index (χ4v) is 1.89. The summed E-state index contributed by atoms with van der Waals surface area (Å²) in [5.74, 6) is 0.887. The quantitative estimate of drug-likeness (QED) is 0.665. The number of rotatable bonds is 4. The van der Waals surface area contributed by atoms with Crippen LogP contribution in [0, 0.1) is 5.92 Å². The molecule has 0 atom stereocenters. The van der Waals surface area contributed by atoms with Crippen LogP contribution in [-0.4, -0.2) is 30.8 Å². The summed E-state index contributed by atoms with van der Waals surface area (Å²) in [5.41, 5.74) is 0. The van der Waals surface area contributed by atoms with Gasteiger partial charge in [-0.15, -0.1) is 0 Å². The summed E-state index contributed by atoms with van der Waals surface area (Å²) in [6.45, 7) is 4.34. The van der Waals surface area contributed by atoms with Crippen molar-refractivity contribution in [2.24, 2.45) is 5.92 Å². The van der Waals surface area contributed by atoms with Gasteiger partial charge in [0.25, 0.3) is 0 Å². The second kappa shape index (κ2) is 5.38. The van der Waals surface area contributed by atoms with Crippen molar-refractivity contribution in [1.29, 1.82) is 0 Å². The minimum atomic E-state index is 0.378. The van der Waals surface area contributed by atoms with Crippen LogP contribution >= 0.6 is 0 Å². The summed E-state index contributed by atoms with van der Waals surface area (Å²) in [6, 6.07) is 0. The van der Waals surface area contributed by atoms with E-state index >= 15 is 0 Å². The van der Waals surface area contributed by atoms with E-state index in [1.807, 2.05) is 0 Å². The molecule has 0 aromatic carbocycles. The third kappa shape index (κ3) is 3.47. The molecule has 1 aliphatic heterocycles. The minimum Gasteiger partial charge on any atom is -0.306 e. The van der Waals surface area contributed by atoms with Gasteiger partial charge in [0, 0.05) is 12.3 Å². The Morgan fingerprint density at radius 1 is 1.38 bits per heavy atom. The van der Waals surface area contributed by atoms with Gasteiger partial charge >= 0.3 is 0 Å². The van der Waals surface area contributed by atoms with Gasteiger partial charge in [-0.1, -0.05) is 13.3 Å². The first-order chi connectivity index (χ1) is 6.24. The first-order valence-corrected chi connectivity index (χ1v) is 5.45. The first-order valence-electron chi connectivity index (χ1n) is 5.45. The van der Waals surface area contributed by atoms with Gasteiger partial charge in [-0.2, -0.15) is 0 Å². The molecule has 1 rings (SSSR count). The van der Waals surface area contributed by atoms with E-state index in [2.05, 4.69) is 18.9 Å². The summed E-state index contributed by atoms with van der Waals surface area (Å²) in [4.78, 5) is 14.0. The van der Waals surface area contributed by atoms with Crippen molar-refractivity contribution in [2.75, 3.05) is 20.1 Å². The standard InChI is InChI=1S/C11H21NO/c1-3-4-5-11(13)10-6-8-12(2)9-7-10/h10H,3-9H2,1-2H3. The Labute approximate surface area is 81.3 Å². The van der Waals surface area contributed by atoms with Crippen LogP contribution in [0.25, 0.3) is 0 Å². The van der Waals surface area contributed by atoms with E-state index in [4.69, 9.17) is 0 Å². The number of likely N-dealkylation sites (tertiary alicyclic amines) is 1. The molecule has 13 heavy (non-hydrogen) atoms. The van der Waals surface area contributed by atoms with Gasteiger partial charge in [-0.05, 0) is 39.4 Å². The van der Waals surface area contributed by atoms with E-state index in [-0.39, 0.29) is 0 Å². The third-order valence-corrected chi connectivity index (χ3v) is 2.95. The van der Waals surface area contributed by atoms with E-state index in [9.17, 15) is 4.79 Å². The number of nitrogens with zero attached hydrogens (tertiary/aromatic N) is 1. The zero-order valence-electron chi connectivity index (χ0n) is 8.88. The number of carbonyl (C=O) groups is 1. The molecule has 2 nitrogen and oxygen atoms in total. The van der Waals surface area contributed by atoms with Crippen molar-refractivity contribution >= 4 is 5.78 Å². The van der Waals surface area contributed by atoms with Crippen molar-refractivity contribution in [2.45, 2.75) is 39.0 Å². The highest BCUT2D eigenvalue weighted by Crippen LogP contribution is 2.19. The van der Waals surface area contributed by atoms with Gasteiger partial charge in [0.05, 0.1) is 0 Å². The molecule has 0 radical (unpaired) electrons. The summed E-state index contributed by atoms with van der Waals surface area (Å²) in [5, 5.41) is 0. The largest absolute Gasteiger partial charge is 0.306 e. The van der Waals surface area contributed by atoms with Gasteiger partial charge < -0.3 is 4.90 Å². The Bertz CT molecular complexity index is 159. The molecule has 1 fully saturated rings. The third-order valence-electron chi connectivity index (χ3n) is 2.95. The predicted molar refractivity (Wildman–Crippen MR) is 54.8 cm³/mol. The zero-order valence-corrected chi connectivity index (χ0v) is 8.88. The Morgan fingerprint density at radius 3 is 2.54 bits per heavy atom. The number of hydrogen-bond donors (Lipinski definition) is 0. The van der Waals surface area contributed by atoms with Crippen molar-refractivity contribution in [3.05, 3.63) is 0 Å². The fraction of sp³-hybridized carbons (Fsp3) is 0.909. The Hall–Kier alpha value is -0.370. The van der Waals surface area contributed by atoms with Gasteiger partial charge in [0.2, 0.25) is 0 Å². The normalized spacial score (nSPS) is 20.5. The van der Waals surface area contributed by atoms with Crippen LogP contribution in [0.15, 0.2) is 0 Å². The monoisotopic (exact) mass is 183 g/mol. The molecule has 0 aromatic heterocycles. The lowest BCUT2D eigenvalue weighted by Crippen LogP contribution is -2.33. The van der Waals surface area contributed by atoms with Crippen LogP contribution in [0.4, 0.5) is 0 Å². The summed E-state index contributed by atoms with van der Waals surface area (Å²) >= 11 is 0. The molecule has 0 spiro atoms. The minimum absolute atomic E-state index is 0.378. The number of Topliss-reactive ketones (excluding diaryl/α,β-unsaturated/α-hetero) is 1. The van der Waals surface area contributed by atoms with Crippen molar-refractivity contribution in [3.63, 3.8) is 0 Å².